The van der Waals surface area contributed by atoms with Gasteiger partial charge in [-0.25, -0.2) is 9.97 Å². The Kier molecular flexibility index (Phi) is 4.83. The Bertz CT molecular complexity index is 876. The molecule has 0 radical (unpaired) electrons. The number of carbonyl (C=O) groups is 1. The van der Waals surface area contributed by atoms with E-state index in [1.54, 1.807) is 25.1 Å². The van der Waals surface area contributed by atoms with Crippen LogP contribution in [0.25, 0.3) is 10.9 Å². The van der Waals surface area contributed by atoms with E-state index in [1.165, 1.54) is 6.33 Å². The minimum Gasteiger partial charge on any atom is -0.464 e. The van der Waals surface area contributed by atoms with Crippen molar-refractivity contribution < 1.29 is 9.53 Å². The molecule has 0 bridgehead atoms. The first-order chi connectivity index (χ1) is 11.5. The Morgan fingerprint density at radius 2 is 1.83 bits per heavy atom. The Morgan fingerprint density at radius 3 is 2.58 bits per heavy atom. The number of halogens is 2. The van der Waals surface area contributed by atoms with E-state index in [-0.39, 0.29) is 5.91 Å². The summed E-state index contributed by atoms with van der Waals surface area (Å²) in [5, 5.41) is 4.33. The van der Waals surface area contributed by atoms with Crippen molar-refractivity contribution >= 4 is 45.7 Å². The van der Waals surface area contributed by atoms with E-state index in [1.807, 2.05) is 24.3 Å². The van der Waals surface area contributed by atoms with Gasteiger partial charge in [-0.15, -0.1) is 0 Å². The van der Waals surface area contributed by atoms with Gasteiger partial charge in [-0.2, -0.15) is 0 Å². The van der Waals surface area contributed by atoms with Crippen LogP contribution in [0.3, 0.4) is 0 Å². The number of hydrogen-bond acceptors (Lipinski definition) is 4. The fraction of sp³-hybridized carbons (Fsp3) is 0.118. The number of amides is 1. The van der Waals surface area contributed by atoms with Crippen LogP contribution in [-0.4, -0.2) is 22.0 Å². The highest BCUT2D eigenvalue weighted by atomic mass is 35.5. The number of hydrogen-bond donors (Lipinski definition) is 1. The van der Waals surface area contributed by atoms with Crippen molar-refractivity contribution in [3.8, 4) is 5.88 Å². The summed E-state index contributed by atoms with van der Waals surface area (Å²) in [4.78, 5) is 20.6. The van der Waals surface area contributed by atoms with Gasteiger partial charge < -0.3 is 10.1 Å². The smallest absolute Gasteiger partial charge is 0.265 e. The molecule has 122 valence electrons. The number of nitrogens with one attached hydrogen (secondary N) is 1. The van der Waals surface area contributed by atoms with Crippen LogP contribution < -0.4 is 10.1 Å². The van der Waals surface area contributed by atoms with E-state index in [2.05, 4.69) is 15.3 Å². The van der Waals surface area contributed by atoms with E-state index in [0.29, 0.717) is 21.6 Å². The molecule has 0 spiro atoms. The molecule has 1 atom stereocenters. The average Bonchev–Trinajstić information content (AvgIpc) is 2.54. The molecule has 0 aliphatic heterocycles. The summed E-state index contributed by atoms with van der Waals surface area (Å²) in [6, 6.07) is 12.2. The summed E-state index contributed by atoms with van der Waals surface area (Å²) >= 11 is 11.8. The SMILES string of the molecule is C[C@H](Oc1ncnc2ccccc12)C(=O)Nc1cc(Cl)cc(Cl)c1. The number of rotatable bonds is 4. The minimum absolute atomic E-state index is 0.337. The number of para-hydroxylation sites is 1. The Morgan fingerprint density at radius 1 is 1.12 bits per heavy atom. The third-order valence-corrected chi connectivity index (χ3v) is 3.73. The van der Waals surface area contributed by atoms with Crippen molar-refractivity contribution in [2.75, 3.05) is 5.32 Å². The molecule has 1 N–H and O–H groups in total. The monoisotopic (exact) mass is 361 g/mol. The Hall–Kier alpha value is -2.37. The van der Waals surface area contributed by atoms with Gasteiger partial charge >= 0.3 is 0 Å². The maximum atomic E-state index is 12.3. The van der Waals surface area contributed by atoms with E-state index in [0.717, 1.165) is 10.9 Å². The zero-order valence-corrected chi connectivity index (χ0v) is 14.2. The quantitative estimate of drug-likeness (QED) is 0.750. The van der Waals surface area contributed by atoms with E-state index >= 15 is 0 Å². The van der Waals surface area contributed by atoms with Gasteiger partial charge in [0.2, 0.25) is 5.88 Å². The molecule has 1 amide bonds. The molecule has 2 aromatic carbocycles. The summed E-state index contributed by atoms with van der Waals surface area (Å²) in [6.07, 6.45) is 0.639. The highest BCUT2D eigenvalue weighted by Gasteiger charge is 2.17. The standard InChI is InChI=1S/C17H13Cl2N3O2/c1-10(16(23)22-13-7-11(18)6-12(19)8-13)24-17-14-4-2-3-5-15(14)20-9-21-17/h2-10H,1H3,(H,22,23)/t10-/m0/s1. The molecule has 1 aromatic heterocycles. The second kappa shape index (κ2) is 7.03. The topological polar surface area (TPSA) is 64.1 Å². The normalized spacial score (nSPS) is 12.0. The van der Waals surface area contributed by atoms with Crippen LogP contribution in [0.15, 0.2) is 48.8 Å². The van der Waals surface area contributed by atoms with E-state index in [9.17, 15) is 4.79 Å². The van der Waals surface area contributed by atoms with Gasteiger partial charge in [-0.1, -0.05) is 35.3 Å². The lowest BCUT2D eigenvalue weighted by molar-refractivity contribution is -0.122. The van der Waals surface area contributed by atoms with Gasteiger partial charge in [0.1, 0.15) is 6.33 Å². The van der Waals surface area contributed by atoms with Crippen LogP contribution in [0.2, 0.25) is 10.0 Å². The first-order valence-corrected chi connectivity index (χ1v) is 7.92. The van der Waals surface area contributed by atoms with Crippen LogP contribution in [0, 0.1) is 0 Å². The minimum atomic E-state index is -0.763. The first kappa shape index (κ1) is 16.5. The second-order valence-corrected chi connectivity index (χ2v) is 5.98. The first-order valence-electron chi connectivity index (χ1n) is 7.16. The molecule has 0 aliphatic carbocycles. The Labute approximate surface area is 148 Å². The number of nitrogens with zero attached hydrogens (tertiary/aromatic N) is 2. The molecule has 0 unspecified atom stereocenters. The predicted octanol–water partition coefficient (Wildman–Crippen LogP) is 4.34. The third kappa shape index (κ3) is 3.75. The van der Waals surface area contributed by atoms with Gasteiger partial charge in [0.15, 0.2) is 6.10 Å². The molecule has 3 aromatic rings. The van der Waals surface area contributed by atoms with Crippen molar-refractivity contribution in [2.24, 2.45) is 0 Å². The number of ether oxygens (including phenoxy) is 1. The number of fused-ring (bicyclic) bond motifs is 1. The molecular weight excluding hydrogens is 349 g/mol. The fourth-order valence-electron chi connectivity index (χ4n) is 2.16. The molecule has 0 saturated carbocycles. The summed E-state index contributed by atoms with van der Waals surface area (Å²) in [5.74, 6) is 0.0170. The van der Waals surface area contributed by atoms with E-state index < -0.39 is 6.10 Å². The van der Waals surface area contributed by atoms with Crippen LogP contribution in [0.4, 0.5) is 5.69 Å². The lowest BCUT2D eigenvalue weighted by Crippen LogP contribution is -2.30. The van der Waals surface area contributed by atoms with Crippen LogP contribution in [0.1, 0.15) is 6.92 Å². The molecule has 3 rings (SSSR count). The van der Waals surface area contributed by atoms with Crippen molar-refractivity contribution in [1.29, 1.82) is 0 Å². The van der Waals surface area contributed by atoms with Crippen molar-refractivity contribution in [2.45, 2.75) is 13.0 Å². The second-order valence-electron chi connectivity index (χ2n) is 5.10. The van der Waals surface area contributed by atoms with Crippen LogP contribution >= 0.6 is 23.2 Å². The van der Waals surface area contributed by atoms with Gasteiger partial charge in [-0.05, 0) is 37.3 Å². The number of carbonyl (C=O) groups excluding carboxylic acids is 1. The maximum Gasteiger partial charge on any atom is 0.265 e. The van der Waals surface area contributed by atoms with Gasteiger partial charge in [0.05, 0.1) is 10.9 Å². The molecule has 24 heavy (non-hydrogen) atoms. The largest absolute Gasteiger partial charge is 0.464 e. The van der Waals surface area contributed by atoms with Gasteiger partial charge in [-0.3, -0.25) is 4.79 Å². The maximum absolute atomic E-state index is 12.3. The number of anilines is 1. The zero-order chi connectivity index (χ0) is 17.1. The summed E-state index contributed by atoms with van der Waals surface area (Å²) in [6.45, 7) is 1.64. The molecule has 1 heterocycles. The fourth-order valence-corrected chi connectivity index (χ4v) is 2.69. The molecule has 0 fully saturated rings. The van der Waals surface area contributed by atoms with Crippen LogP contribution in [-0.2, 0) is 4.79 Å². The summed E-state index contributed by atoms with van der Waals surface area (Å²) in [7, 11) is 0. The molecule has 0 aliphatic rings. The molecule has 5 nitrogen and oxygen atoms in total. The zero-order valence-electron chi connectivity index (χ0n) is 12.7. The number of aromatic nitrogens is 2. The molecular formula is C17H13Cl2N3O2. The number of benzene rings is 2. The summed E-state index contributed by atoms with van der Waals surface area (Å²) < 4.78 is 5.69. The van der Waals surface area contributed by atoms with Crippen molar-refractivity contribution in [3.63, 3.8) is 0 Å². The molecule has 7 heteroatoms. The van der Waals surface area contributed by atoms with E-state index in [4.69, 9.17) is 27.9 Å². The lowest BCUT2D eigenvalue weighted by atomic mass is 10.2. The Balaban J connectivity index is 1.76. The highest BCUT2D eigenvalue weighted by molar-refractivity contribution is 6.35. The highest BCUT2D eigenvalue weighted by Crippen LogP contribution is 2.24. The molecule has 0 saturated heterocycles. The average molecular weight is 362 g/mol. The van der Waals surface area contributed by atoms with Gasteiger partial charge in [0.25, 0.3) is 5.91 Å². The van der Waals surface area contributed by atoms with Crippen molar-refractivity contribution in [3.05, 3.63) is 58.8 Å². The predicted molar refractivity (Wildman–Crippen MR) is 94.7 cm³/mol. The van der Waals surface area contributed by atoms with Crippen LogP contribution in [0.5, 0.6) is 5.88 Å². The van der Waals surface area contributed by atoms with Crippen molar-refractivity contribution in [1.82, 2.24) is 9.97 Å². The lowest BCUT2D eigenvalue weighted by Gasteiger charge is -2.15. The van der Waals surface area contributed by atoms with Gasteiger partial charge in [0, 0.05) is 15.7 Å². The summed E-state index contributed by atoms with van der Waals surface area (Å²) in [5.41, 5.74) is 1.25. The third-order valence-electron chi connectivity index (χ3n) is 3.29.